The molecule has 0 aromatic heterocycles. The lowest BCUT2D eigenvalue weighted by atomic mass is 10.1. The van der Waals surface area contributed by atoms with Crippen LogP contribution in [-0.2, 0) is 4.79 Å². The topological polar surface area (TPSA) is 97.6 Å². The number of benzene rings is 2. The molecule has 142 valence electrons. The van der Waals surface area contributed by atoms with E-state index in [1.54, 1.807) is 18.2 Å². The molecule has 7 nitrogen and oxygen atoms in total. The monoisotopic (exact) mass is 436 g/mol. The Morgan fingerprint density at radius 3 is 2.29 bits per heavy atom. The third-order valence-corrected chi connectivity index (χ3v) is 5.42. The molecule has 0 aliphatic carbocycles. The van der Waals surface area contributed by atoms with Crippen molar-refractivity contribution < 1.29 is 19.3 Å². The summed E-state index contributed by atoms with van der Waals surface area (Å²) in [5.74, 6) is -1.16. The summed E-state index contributed by atoms with van der Waals surface area (Å²) in [4.78, 5) is 48.1. The van der Waals surface area contributed by atoms with E-state index < -0.39 is 28.4 Å². The molecule has 0 atom stereocenters. The maximum absolute atomic E-state index is 12.5. The van der Waals surface area contributed by atoms with E-state index in [1.165, 1.54) is 30.3 Å². The molecule has 0 radical (unpaired) electrons. The Morgan fingerprint density at radius 1 is 1.11 bits per heavy atom. The van der Waals surface area contributed by atoms with Gasteiger partial charge in [-0.05, 0) is 42.1 Å². The Kier molecular flexibility index (Phi) is 5.83. The van der Waals surface area contributed by atoms with Gasteiger partial charge < -0.3 is 0 Å². The molecule has 0 bridgehead atoms. The molecule has 2 aromatic carbocycles. The highest BCUT2D eigenvalue weighted by atomic mass is 35.5. The van der Waals surface area contributed by atoms with E-state index in [0.29, 0.717) is 27.4 Å². The van der Waals surface area contributed by atoms with Gasteiger partial charge in [-0.25, -0.2) is 0 Å². The number of rotatable bonds is 5. The molecule has 10 heteroatoms. The molecule has 1 heterocycles. The molecule has 2 aromatic rings. The van der Waals surface area contributed by atoms with E-state index >= 15 is 0 Å². The molecular weight excluding hydrogens is 427 g/mol. The normalized spacial score (nSPS) is 15.4. The first-order valence-electron chi connectivity index (χ1n) is 7.75. The number of amides is 2. The third kappa shape index (κ3) is 4.09. The molecule has 28 heavy (non-hydrogen) atoms. The molecule has 0 N–H and O–H groups in total. The van der Waals surface area contributed by atoms with Crippen LogP contribution in [0.3, 0.4) is 0 Å². The highest BCUT2D eigenvalue weighted by Gasteiger charge is 2.36. The van der Waals surface area contributed by atoms with Crippen LogP contribution in [0.2, 0.25) is 10.0 Å². The van der Waals surface area contributed by atoms with Crippen LogP contribution in [0.5, 0.6) is 0 Å². The van der Waals surface area contributed by atoms with Crippen molar-refractivity contribution in [3.63, 3.8) is 0 Å². The summed E-state index contributed by atoms with van der Waals surface area (Å²) in [6.45, 7) is -0.476. The number of nitro benzene ring substituents is 1. The number of non-ortho nitro benzene ring substituents is 1. The average Bonchev–Trinajstić information content (AvgIpc) is 2.92. The molecule has 1 aliphatic heterocycles. The quantitative estimate of drug-likeness (QED) is 0.288. The molecule has 0 unspecified atom stereocenters. The van der Waals surface area contributed by atoms with Gasteiger partial charge in [-0.3, -0.25) is 29.4 Å². The van der Waals surface area contributed by atoms with E-state index in [2.05, 4.69) is 0 Å². The summed E-state index contributed by atoms with van der Waals surface area (Å²) >= 11 is 12.8. The van der Waals surface area contributed by atoms with Crippen LogP contribution in [-0.4, -0.2) is 33.3 Å². The van der Waals surface area contributed by atoms with Crippen LogP contribution >= 0.6 is 35.0 Å². The molecular formula is C18H10Cl2N2O5S. The van der Waals surface area contributed by atoms with Crippen molar-refractivity contribution in [2.45, 2.75) is 0 Å². The molecule has 2 amide bonds. The molecule has 0 spiro atoms. The molecule has 1 saturated heterocycles. The number of hydrogen-bond acceptors (Lipinski definition) is 6. The summed E-state index contributed by atoms with van der Waals surface area (Å²) < 4.78 is 0. The second-order valence-electron chi connectivity index (χ2n) is 5.63. The largest absolute Gasteiger partial charge is 0.293 e. The fourth-order valence-electron chi connectivity index (χ4n) is 2.42. The summed E-state index contributed by atoms with van der Waals surface area (Å²) in [5, 5.41) is 10.7. The average molecular weight is 437 g/mol. The summed E-state index contributed by atoms with van der Waals surface area (Å²) in [7, 11) is 0. The molecule has 0 saturated carbocycles. The van der Waals surface area contributed by atoms with Crippen molar-refractivity contribution in [3.8, 4) is 0 Å². The summed E-state index contributed by atoms with van der Waals surface area (Å²) in [6.07, 6.45) is 1.41. The number of nitro groups is 1. The molecule has 1 aliphatic rings. The van der Waals surface area contributed by atoms with Gasteiger partial charge in [0.05, 0.1) is 16.4 Å². The van der Waals surface area contributed by atoms with E-state index in [-0.39, 0.29) is 16.2 Å². The van der Waals surface area contributed by atoms with E-state index in [0.717, 1.165) is 4.90 Å². The number of nitrogens with zero attached hydrogens (tertiary/aromatic N) is 2. The van der Waals surface area contributed by atoms with Gasteiger partial charge >= 0.3 is 0 Å². The highest BCUT2D eigenvalue weighted by Crippen LogP contribution is 2.35. The smallest absolute Gasteiger partial charge is 0.292 e. The van der Waals surface area contributed by atoms with Crippen molar-refractivity contribution in [1.29, 1.82) is 0 Å². The maximum atomic E-state index is 12.5. The predicted octanol–water partition coefficient (Wildman–Crippen LogP) is 4.82. The first kappa shape index (κ1) is 20.1. The van der Waals surface area contributed by atoms with Crippen molar-refractivity contribution in [3.05, 3.63) is 78.7 Å². The number of halogens is 2. The number of carbonyl (C=O) groups excluding carboxylic acids is 3. The molecule has 3 rings (SSSR count). The first-order chi connectivity index (χ1) is 13.3. The number of hydrogen-bond donors (Lipinski definition) is 0. The Labute approximate surface area is 173 Å². The van der Waals surface area contributed by atoms with Gasteiger partial charge in [-0.2, -0.15) is 0 Å². The Hall–Kier alpha value is -2.68. The highest BCUT2D eigenvalue weighted by molar-refractivity contribution is 8.18. The summed E-state index contributed by atoms with van der Waals surface area (Å²) in [6, 6.07) is 9.76. The van der Waals surface area contributed by atoms with Crippen LogP contribution in [0.4, 0.5) is 10.5 Å². The van der Waals surface area contributed by atoms with Crippen molar-refractivity contribution in [2.24, 2.45) is 0 Å². The predicted molar refractivity (Wildman–Crippen MR) is 107 cm³/mol. The lowest BCUT2D eigenvalue weighted by Crippen LogP contribution is -2.33. The van der Waals surface area contributed by atoms with Crippen LogP contribution in [0.25, 0.3) is 6.08 Å². The van der Waals surface area contributed by atoms with Gasteiger partial charge in [-0.1, -0.05) is 29.3 Å². The standard InChI is InChI=1S/C18H10Cl2N2O5S/c19-13-2-1-3-14(20)12(13)8-16-17(24)21(18(25)28-16)9-15(23)10-4-6-11(7-5-10)22(26)27/h1-8H,9H2/b16-8+. The zero-order chi connectivity index (χ0) is 20.4. The minimum atomic E-state index is -0.638. The number of ketones is 1. The van der Waals surface area contributed by atoms with Crippen LogP contribution in [0, 0.1) is 10.1 Å². The third-order valence-electron chi connectivity index (χ3n) is 3.85. The van der Waals surface area contributed by atoms with Crippen LogP contribution in [0.1, 0.15) is 15.9 Å². The van der Waals surface area contributed by atoms with Gasteiger partial charge in [0.2, 0.25) is 0 Å². The molecule has 1 fully saturated rings. The van der Waals surface area contributed by atoms with Crippen molar-refractivity contribution >= 4 is 63.7 Å². The fourth-order valence-corrected chi connectivity index (χ4v) is 3.75. The Morgan fingerprint density at radius 2 is 1.71 bits per heavy atom. The minimum absolute atomic E-state index is 0.0940. The minimum Gasteiger partial charge on any atom is -0.292 e. The zero-order valence-electron chi connectivity index (χ0n) is 13.9. The zero-order valence-corrected chi connectivity index (χ0v) is 16.3. The van der Waals surface area contributed by atoms with E-state index in [1.807, 2.05) is 0 Å². The lowest BCUT2D eigenvalue weighted by Gasteiger charge is -2.11. The van der Waals surface area contributed by atoms with Crippen LogP contribution in [0.15, 0.2) is 47.4 Å². The number of carbonyl (C=O) groups is 3. The second kappa shape index (κ2) is 8.14. The summed E-state index contributed by atoms with van der Waals surface area (Å²) in [5.41, 5.74) is 0.392. The second-order valence-corrected chi connectivity index (χ2v) is 7.44. The Bertz CT molecular complexity index is 1020. The van der Waals surface area contributed by atoms with Gasteiger partial charge in [0.15, 0.2) is 5.78 Å². The van der Waals surface area contributed by atoms with Crippen LogP contribution < -0.4 is 0 Å². The number of imide groups is 1. The van der Waals surface area contributed by atoms with Gasteiger partial charge in [0.1, 0.15) is 0 Å². The van der Waals surface area contributed by atoms with Crippen molar-refractivity contribution in [1.82, 2.24) is 4.90 Å². The van der Waals surface area contributed by atoms with E-state index in [4.69, 9.17) is 23.2 Å². The lowest BCUT2D eigenvalue weighted by molar-refractivity contribution is -0.384. The maximum Gasteiger partial charge on any atom is 0.293 e. The Balaban J connectivity index is 1.79. The van der Waals surface area contributed by atoms with Gasteiger partial charge in [0, 0.05) is 33.3 Å². The number of Topliss-reactive ketones (excluding diaryl/α,β-unsaturated/α-hetero) is 1. The van der Waals surface area contributed by atoms with E-state index in [9.17, 15) is 24.5 Å². The number of thioether (sulfide) groups is 1. The first-order valence-corrected chi connectivity index (χ1v) is 9.32. The van der Waals surface area contributed by atoms with Gasteiger partial charge in [0.25, 0.3) is 16.8 Å². The van der Waals surface area contributed by atoms with Crippen molar-refractivity contribution in [2.75, 3.05) is 6.54 Å². The van der Waals surface area contributed by atoms with Gasteiger partial charge in [-0.15, -0.1) is 0 Å². The fraction of sp³-hybridized carbons (Fsp3) is 0.0556. The SMILES string of the molecule is O=C(CN1C(=O)S/C(=C/c2c(Cl)cccc2Cl)C1=O)c1ccc([N+](=O)[O-])cc1.